The van der Waals surface area contributed by atoms with Gasteiger partial charge in [0, 0.05) is 17.3 Å². The molecule has 0 spiro atoms. The first-order valence-electron chi connectivity index (χ1n) is 6.83. The van der Waals surface area contributed by atoms with E-state index in [9.17, 15) is 10.1 Å². The third-order valence-corrected chi connectivity index (χ3v) is 4.21. The Morgan fingerprint density at radius 3 is 2.48 bits per heavy atom. The van der Waals surface area contributed by atoms with Crippen molar-refractivity contribution >= 4 is 21.6 Å². The van der Waals surface area contributed by atoms with Gasteiger partial charge in [-0.05, 0) is 26.3 Å². The fourth-order valence-corrected chi connectivity index (χ4v) is 3.00. The Morgan fingerprint density at radius 1 is 1.33 bits per heavy atom. The average molecular weight is 352 g/mol. The quantitative estimate of drug-likeness (QED) is 0.456. The van der Waals surface area contributed by atoms with Crippen LogP contribution in [0.15, 0.2) is 30.3 Å². The first-order valence-corrected chi connectivity index (χ1v) is 7.74. The van der Waals surface area contributed by atoms with Crippen molar-refractivity contribution < 1.29 is 4.92 Å². The van der Waals surface area contributed by atoms with Crippen molar-refractivity contribution in [1.29, 1.82) is 0 Å². The Labute approximate surface area is 132 Å². The van der Waals surface area contributed by atoms with E-state index in [1.807, 2.05) is 44.2 Å². The monoisotopic (exact) mass is 351 g/mol. The summed E-state index contributed by atoms with van der Waals surface area (Å²) >= 11 is 3.63. The van der Waals surface area contributed by atoms with Gasteiger partial charge in [-0.2, -0.15) is 5.10 Å². The van der Waals surface area contributed by atoms with Gasteiger partial charge in [0.1, 0.15) is 11.4 Å². The lowest BCUT2D eigenvalue weighted by atomic mass is 10.1. The number of nitrogens with zero attached hydrogens (tertiary/aromatic N) is 3. The number of alkyl halides is 1. The van der Waals surface area contributed by atoms with Crippen LogP contribution in [0.4, 0.5) is 5.69 Å². The first kappa shape index (κ1) is 15.7. The molecule has 112 valence electrons. The second kappa shape index (κ2) is 6.39. The zero-order chi connectivity index (χ0) is 15.6. The molecule has 1 unspecified atom stereocenters. The highest BCUT2D eigenvalue weighted by atomic mass is 79.9. The minimum atomic E-state index is -0.332. The molecule has 2 rings (SSSR count). The molecule has 0 saturated heterocycles. The second-order valence-electron chi connectivity index (χ2n) is 5.26. The number of benzene rings is 1. The topological polar surface area (TPSA) is 61.0 Å². The van der Waals surface area contributed by atoms with Crippen molar-refractivity contribution in [2.24, 2.45) is 0 Å². The minimum Gasteiger partial charge on any atom is -0.260 e. The van der Waals surface area contributed by atoms with Gasteiger partial charge < -0.3 is 0 Å². The molecule has 0 saturated carbocycles. The van der Waals surface area contributed by atoms with Crippen LogP contribution in [0.25, 0.3) is 0 Å². The Kier molecular flexibility index (Phi) is 4.77. The molecule has 0 aliphatic carbocycles. The minimum absolute atomic E-state index is 0.0194. The molecule has 21 heavy (non-hydrogen) atoms. The summed E-state index contributed by atoms with van der Waals surface area (Å²) in [5, 5.41) is 15.7. The van der Waals surface area contributed by atoms with E-state index in [1.54, 1.807) is 11.6 Å². The standard InChI is InChI=1S/C15H18BrN3O2/c1-10(2)18-14(15(19(20)21)11(3)17-18)9-13(16)12-7-5-4-6-8-12/h4-8,10,13H,9H2,1-3H3. The van der Waals surface area contributed by atoms with Crippen LogP contribution in [0, 0.1) is 17.0 Å². The van der Waals surface area contributed by atoms with Gasteiger partial charge >= 0.3 is 5.69 Å². The Bertz CT molecular complexity index is 638. The summed E-state index contributed by atoms with van der Waals surface area (Å²) in [4.78, 5) is 11.0. The highest BCUT2D eigenvalue weighted by Gasteiger charge is 2.28. The van der Waals surface area contributed by atoms with Gasteiger partial charge in [0.25, 0.3) is 0 Å². The van der Waals surface area contributed by atoms with Gasteiger partial charge in [0.2, 0.25) is 0 Å². The van der Waals surface area contributed by atoms with Crippen molar-refractivity contribution in [3.63, 3.8) is 0 Å². The fraction of sp³-hybridized carbons (Fsp3) is 0.400. The van der Waals surface area contributed by atoms with E-state index in [0.717, 1.165) is 5.56 Å². The Balaban J connectivity index is 2.40. The molecule has 1 atom stereocenters. The number of halogens is 1. The van der Waals surface area contributed by atoms with Crippen molar-refractivity contribution in [2.75, 3.05) is 0 Å². The van der Waals surface area contributed by atoms with E-state index in [4.69, 9.17) is 0 Å². The first-order chi connectivity index (χ1) is 9.91. The molecule has 0 aliphatic rings. The van der Waals surface area contributed by atoms with Crippen molar-refractivity contribution in [2.45, 2.75) is 38.1 Å². The van der Waals surface area contributed by atoms with Gasteiger partial charge in [0.15, 0.2) is 0 Å². The van der Waals surface area contributed by atoms with Crippen LogP contribution in [0.1, 0.15) is 41.7 Å². The van der Waals surface area contributed by atoms with Gasteiger partial charge in [-0.3, -0.25) is 14.8 Å². The van der Waals surface area contributed by atoms with Gasteiger partial charge in [0.05, 0.1) is 4.92 Å². The maximum absolute atomic E-state index is 11.3. The third kappa shape index (κ3) is 3.32. The van der Waals surface area contributed by atoms with Crippen molar-refractivity contribution in [3.05, 3.63) is 57.4 Å². The fourth-order valence-electron chi connectivity index (χ4n) is 2.39. The van der Waals surface area contributed by atoms with Crippen LogP contribution < -0.4 is 0 Å². The summed E-state index contributed by atoms with van der Waals surface area (Å²) in [5.41, 5.74) is 2.36. The maximum Gasteiger partial charge on any atom is 0.313 e. The summed E-state index contributed by atoms with van der Waals surface area (Å²) in [6, 6.07) is 9.98. The number of rotatable bonds is 5. The Morgan fingerprint density at radius 2 is 1.95 bits per heavy atom. The summed E-state index contributed by atoms with van der Waals surface area (Å²) in [6.07, 6.45) is 0.527. The van der Waals surface area contributed by atoms with E-state index in [2.05, 4.69) is 21.0 Å². The SMILES string of the molecule is Cc1nn(C(C)C)c(CC(Br)c2ccccc2)c1[N+](=O)[O-]. The van der Waals surface area contributed by atoms with E-state index in [1.165, 1.54) is 0 Å². The van der Waals surface area contributed by atoms with Crippen LogP contribution in [0.2, 0.25) is 0 Å². The number of hydrogen-bond donors (Lipinski definition) is 0. The molecule has 0 bridgehead atoms. The zero-order valence-electron chi connectivity index (χ0n) is 12.3. The predicted octanol–water partition coefficient (Wildman–Crippen LogP) is 4.36. The summed E-state index contributed by atoms with van der Waals surface area (Å²) in [7, 11) is 0. The normalized spacial score (nSPS) is 12.6. The number of aryl methyl sites for hydroxylation is 1. The van der Waals surface area contributed by atoms with Crippen LogP contribution in [0.3, 0.4) is 0 Å². The lowest BCUT2D eigenvalue weighted by Gasteiger charge is -2.14. The van der Waals surface area contributed by atoms with Crippen molar-refractivity contribution in [1.82, 2.24) is 9.78 Å². The Hall–Kier alpha value is -1.69. The summed E-state index contributed by atoms with van der Waals surface area (Å²) < 4.78 is 1.75. The second-order valence-corrected chi connectivity index (χ2v) is 6.36. The van der Waals surface area contributed by atoms with Gasteiger partial charge in [-0.25, -0.2) is 0 Å². The molecule has 0 amide bonds. The van der Waals surface area contributed by atoms with E-state index >= 15 is 0 Å². The zero-order valence-corrected chi connectivity index (χ0v) is 13.9. The molecular weight excluding hydrogens is 334 g/mol. The molecule has 5 nitrogen and oxygen atoms in total. The summed E-state index contributed by atoms with van der Waals surface area (Å²) in [5.74, 6) is 0. The molecule has 0 N–H and O–H groups in total. The molecule has 0 fully saturated rings. The maximum atomic E-state index is 11.3. The average Bonchev–Trinajstić information content (AvgIpc) is 2.76. The molecule has 1 heterocycles. The molecule has 0 aliphatic heterocycles. The van der Waals surface area contributed by atoms with Crippen molar-refractivity contribution in [3.8, 4) is 0 Å². The number of hydrogen-bond acceptors (Lipinski definition) is 3. The lowest BCUT2D eigenvalue weighted by molar-refractivity contribution is -0.386. The number of nitro groups is 1. The van der Waals surface area contributed by atoms with Gasteiger partial charge in [-0.15, -0.1) is 0 Å². The van der Waals surface area contributed by atoms with Gasteiger partial charge in [-0.1, -0.05) is 46.3 Å². The lowest BCUT2D eigenvalue weighted by Crippen LogP contribution is -2.10. The molecule has 6 heteroatoms. The van der Waals surface area contributed by atoms with E-state index < -0.39 is 0 Å². The largest absolute Gasteiger partial charge is 0.313 e. The third-order valence-electron chi connectivity index (χ3n) is 3.36. The molecule has 0 radical (unpaired) electrons. The predicted molar refractivity (Wildman–Crippen MR) is 85.8 cm³/mol. The van der Waals surface area contributed by atoms with Crippen LogP contribution in [-0.2, 0) is 6.42 Å². The van der Waals surface area contributed by atoms with Crippen LogP contribution in [0.5, 0.6) is 0 Å². The molecular formula is C15H18BrN3O2. The van der Waals surface area contributed by atoms with E-state index in [-0.39, 0.29) is 21.5 Å². The molecule has 1 aromatic carbocycles. The molecule has 1 aromatic heterocycles. The highest BCUT2D eigenvalue weighted by molar-refractivity contribution is 9.09. The van der Waals surface area contributed by atoms with Crippen LogP contribution >= 0.6 is 15.9 Å². The smallest absolute Gasteiger partial charge is 0.260 e. The van der Waals surface area contributed by atoms with E-state index in [0.29, 0.717) is 17.8 Å². The highest BCUT2D eigenvalue weighted by Crippen LogP contribution is 2.33. The van der Waals surface area contributed by atoms with Crippen LogP contribution in [-0.4, -0.2) is 14.7 Å². The number of aromatic nitrogens is 2. The molecule has 2 aromatic rings. The summed E-state index contributed by atoms with van der Waals surface area (Å²) in [6.45, 7) is 5.64.